The lowest BCUT2D eigenvalue weighted by atomic mass is 10.2. The fourth-order valence-electron chi connectivity index (χ4n) is 1.36. The van der Waals surface area contributed by atoms with E-state index in [9.17, 15) is 9.90 Å². The Balaban J connectivity index is 2.36. The number of rotatable bonds is 3. The number of hydrogen-bond donors (Lipinski definition) is 3. The van der Waals surface area contributed by atoms with Crippen LogP contribution in [0.4, 0.5) is 11.5 Å². The van der Waals surface area contributed by atoms with Crippen molar-refractivity contribution in [1.82, 2.24) is 4.98 Å². The Kier molecular flexibility index (Phi) is 3.81. The Morgan fingerprint density at radius 3 is 2.55 bits per heavy atom. The first-order valence-electron chi connectivity index (χ1n) is 5.31. The van der Waals surface area contributed by atoms with Gasteiger partial charge in [-0.1, -0.05) is 11.6 Å². The largest absolute Gasteiger partial charge is 0.503 e. The average Bonchev–Trinajstić information content (AvgIpc) is 2.41. The molecule has 0 aliphatic carbocycles. The molecule has 0 bridgehead atoms. The number of carbonyl (C=O) groups is 1. The van der Waals surface area contributed by atoms with Crippen molar-refractivity contribution in [2.45, 2.75) is 0 Å². The molecular formula is C12H8ClN3O4. The first-order valence-corrected chi connectivity index (χ1v) is 5.69. The number of hydrogen-bond acceptors (Lipinski definition) is 6. The normalized spacial score (nSPS) is 10.8. The minimum Gasteiger partial charge on any atom is -0.503 e. The second-order valence-electron chi connectivity index (χ2n) is 3.68. The van der Waals surface area contributed by atoms with Crippen molar-refractivity contribution in [1.29, 1.82) is 0 Å². The van der Waals surface area contributed by atoms with E-state index in [-0.39, 0.29) is 27.8 Å². The van der Waals surface area contributed by atoms with Gasteiger partial charge in [-0.3, -0.25) is 0 Å². The molecule has 0 aliphatic heterocycles. The number of aromatic carboxylic acids is 1. The van der Waals surface area contributed by atoms with E-state index in [1.807, 2.05) is 0 Å². The smallest absolute Gasteiger partial charge is 0.338 e. The maximum absolute atomic E-state index is 11.0. The molecule has 0 radical (unpaired) electrons. The molecule has 0 spiro atoms. The van der Waals surface area contributed by atoms with Crippen LogP contribution in [0, 0.1) is 0 Å². The lowest BCUT2D eigenvalue weighted by Gasteiger charge is -2.00. The van der Waals surface area contributed by atoms with Gasteiger partial charge in [0.15, 0.2) is 11.6 Å². The van der Waals surface area contributed by atoms with Crippen LogP contribution in [0.15, 0.2) is 40.6 Å². The topological polar surface area (TPSA) is 115 Å². The predicted octanol–water partition coefficient (Wildman–Crippen LogP) is 3.26. The fraction of sp³-hybridized carbons (Fsp3) is 0. The van der Waals surface area contributed by atoms with Crippen LogP contribution >= 0.6 is 11.6 Å². The Labute approximate surface area is 117 Å². The van der Waals surface area contributed by atoms with Gasteiger partial charge >= 0.3 is 5.97 Å². The Morgan fingerprint density at radius 1 is 1.15 bits per heavy atom. The molecule has 20 heavy (non-hydrogen) atoms. The molecule has 3 N–H and O–H groups in total. The van der Waals surface area contributed by atoms with Crippen LogP contribution in [0.25, 0.3) is 0 Å². The maximum Gasteiger partial charge on any atom is 0.338 e. The van der Waals surface area contributed by atoms with Crippen LogP contribution in [0.3, 0.4) is 0 Å². The Bertz CT molecular complexity index is 703. The van der Waals surface area contributed by atoms with Crippen molar-refractivity contribution in [2.75, 3.05) is 0 Å². The molecule has 0 aliphatic rings. The predicted molar refractivity (Wildman–Crippen MR) is 70.2 cm³/mol. The summed E-state index contributed by atoms with van der Waals surface area (Å²) >= 11 is 5.71. The summed E-state index contributed by atoms with van der Waals surface area (Å²) < 4.78 is 0. The van der Waals surface area contributed by atoms with E-state index in [0.29, 0.717) is 0 Å². The SMILES string of the molecule is O=C(O)c1cc(Cl)ccc1N=Nc1ccc(O)c(O)n1. The molecule has 0 fully saturated rings. The van der Waals surface area contributed by atoms with Gasteiger partial charge < -0.3 is 15.3 Å². The molecule has 2 rings (SSSR count). The van der Waals surface area contributed by atoms with Crippen LogP contribution in [0.5, 0.6) is 11.6 Å². The van der Waals surface area contributed by atoms with Crippen LogP contribution in [0.1, 0.15) is 10.4 Å². The molecule has 102 valence electrons. The molecule has 0 unspecified atom stereocenters. The first kappa shape index (κ1) is 13.8. The van der Waals surface area contributed by atoms with E-state index in [1.165, 1.54) is 30.3 Å². The van der Waals surface area contributed by atoms with Gasteiger partial charge in [-0.2, -0.15) is 4.98 Å². The highest BCUT2D eigenvalue weighted by atomic mass is 35.5. The van der Waals surface area contributed by atoms with Gasteiger partial charge in [-0.05, 0) is 30.3 Å². The van der Waals surface area contributed by atoms with Gasteiger partial charge in [0.05, 0.1) is 5.56 Å². The molecule has 2 aromatic rings. The molecule has 7 nitrogen and oxygen atoms in total. The van der Waals surface area contributed by atoms with E-state index in [2.05, 4.69) is 15.2 Å². The molecular weight excluding hydrogens is 286 g/mol. The summed E-state index contributed by atoms with van der Waals surface area (Å²) in [5.74, 6) is -2.15. The van der Waals surface area contributed by atoms with E-state index in [0.717, 1.165) is 0 Å². The second kappa shape index (κ2) is 5.54. The summed E-state index contributed by atoms with van der Waals surface area (Å²) in [6.07, 6.45) is 0. The molecule has 8 heteroatoms. The van der Waals surface area contributed by atoms with Crippen molar-refractivity contribution in [3.05, 3.63) is 40.9 Å². The third-order valence-electron chi connectivity index (χ3n) is 2.29. The van der Waals surface area contributed by atoms with Gasteiger partial charge in [-0.15, -0.1) is 10.2 Å². The van der Waals surface area contributed by atoms with E-state index in [4.69, 9.17) is 21.8 Å². The number of nitrogens with zero attached hydrogens (tertiary/aromatic N) is 3. The van der Waals surface area contributed by atoms with Gasteiger partial charge in [0.25, 0.3) is 5.88 Å². The number of halogens is 1. The van der Waals surface area contributed by atoms with Crippen molar-refractivity contribution in [2.24, 2.45) is 10.2 Å². The van der Waals surface area contributed by atoms with E-state index < -0.39 is 11.8 Å². The fourth-order valence-corrected chi connectivity index (χ4v) is 1.53. The monoisotopic (exact) mass is 293 g/mol. The summed E-state index contributed by atoms with van der Waals surface area (Å²) in [5, 5.41) is 35.0. The van der Waals surface area contributed by atoms with Crippen molar-refractivity contribution < 1.29 is 20.1 Å². The van der Waals surface area contributed by atoms with Crippen molar-refractivity contribution in [3.63, 3.8) is 0 Å². The van der Waals surface area contributed by atoms with Crippen molar-refractivity contribution in [3.8, 4) is 11.6 Å². The molecule has 0 saturated carbocycles. The number of carboxylic acid groups (broad SMARTS) is 1. The number of aromatic hydroxyl groups is 2. The third-order valence-corrected chi connectivity index (χ3v) is 2.52. The molecule has 0 atom stereocenters. The Hall–Kier alpha value is -2.67. The summed E-state index contributed by atoms with van der Waals surface area (Å²) in [7, 11) is 0. The van der Waals surface area contributed by atoms with Crippen LogP contribution < -0.4 is 0 Å². The number of azo groups is 1. The zero-order valence-corrected chi connectivity index (χ0v) is 10.6. The zero-order valence-electron chi connectivity index (χ0n) is 9.86. The minimum absolute atomic E-state index is 0.0200. The standard InChI is InChI=1S/C12H8ClN3O4/c13-6-1-2-8(7(5-6)12(19)20)15-16-10-4-3-9(17)11(18)14-10/h1-5,17H,(H,14,18)(H,19,20). The summed E-state index contributed by atoms with van der Waals surface area (Å²) in [6.45, 7) is 0. The number of aromatic nitrogens is 1. The molecule has 0 amide bonds. The summed E-state index contributed by atoms with van der Waals surface area (Å²) in [6, 6.07) is 6.63. The maximum atomic E-state index is 11.0. The highest BCUT2D eigenvalue weighted by Gasteiger charge is 2.10. The number of carboxylic acids is 1. The number of pyridine rings is 1. The molecule has 1 aromatic carbocycles. The van der Waals surface area contributed by atoms with E-state index >= 15 is 0 Å². The summed E-state index contributed by atoms with van der Waals surface area (Å²) in [5.41, 5.74) is -0.0134. The average molecular weight is 294 g/mol. The molecule has 1 heterocycles. The minimum atomic E-state index is -1.19. The highest BCUT2D eigenvalue weighted by Crippen LogP contribution is 2.28. The lowest BCUT2D eigenvalue weighted by molar-refractivity contribution is 0.0697. The zero-order chi connectivity index (χ0) is 14.7. The highest BCUT2D eigenvalue weighted by molar-refractivity contribution is 6.31. The third kappa shape index (κ3) is 3.01. The number of benzene rings is 1. The van der Waals surface area contributed by atoms with Gasteiger partial charge in [-0.25, -0.2) is 4.79 Å². The van der Waals surface area contributed by atoms with Crippen LogP contribution in [0.2, 0.25) is 5.02 Å². The molecule has 1 aromatic heterocycles. The van der Waals surface area contributed by atoms with Crippen LogP contribution in [-0.4, -0.2) is 26.3 Å². The van der Waals surface area contributed by atoms with E-state index in [1.54, 1.807) is 0 Å². The molecule has 0 saturated heterocycles. The van der Waals surface area contributed by atoms with Crippen molar-refractivity contribution >= 4 is 29.1 Å². The quantitative estimate of drug-likeness (QED) is 0.751. The lowest BCUT2D eigenvalue weighted by Crippen LogP contribution is -1.96. The van der Waals surface area contributed by atoms with Gasteiger partial charge in [0, 0.05) is 5.02 Å². The van der Waals surface area contributed by atoms with Gasteiger partial charge in [0.1, 0.15) is 5.69 Å². The van der Waals surface area contributed by atoms with Crippen LogP contribution in [-0.2, 0) is 0 Å². The second-order valence-corrected chi connectivity index (χ2v) is 4.12. The summed E-state index contributed by atoms with van der Waals surface area (Å²) in [4.78, 5) is 14.6. The first-order chi connectivity index (χ1) is 9.47. The Morgan fingerprint density at radius 2 is 1.90 bits per heavy atom. The van der Waals surface area contributed by atoms with Gasteiger partial charge in [0.2, 0.25) is 0 Å².